The molecule has 2 aromatic rings. The number of aromatic nitrogens is 2. The summed E-state index contributed by atoms with van der Waals surface area (Å²) in [6, 6.07) is 8.28. The highest BCUT2D eigenvalue weighted by atomic mass is 16.6. The Morgan fingerprint density at radius 2 is 1.69 bits per heavy atom. The standard InChI is InChI=1S/C21H25N5O3/c1-2-29-21(28)25-12-10-24(11-13-25)19(27)17-14-22-20(23-15-17)26-9-5-7-16-6-3-4-8-18(16)26/h3-4,6,8,14-15H,2,5,7,9-13H2,1H3. The largest absolute Gasteiger partial charge is 0.450 e. The van der Waals surface area contributed by atoms with Crippen LogP contribution in [0.4, 0.5) is 16.4 Å². The van der Waals surface area contributed by atoms with Gasteiger partial charge in [-0.3, -0.25) is 4.79 Å². The van der Waals surface area contributed by atoms with Gasteiger partial charge < -0.3 is 19.4 Å². The zero-order valence-electron chi connectivity index (χ0n) is 16.6. The van der Waals surface area contributed by atoms with Crippen molar-refractivity contribution in [3.63, 3.8) is 0 Å². The molecule has 3 heterocycles. The second-order valence-corrected chi connectivity index (χ2v) is 7.13. The molecule has 0 saturated carbocycles. The first-order chi connectivity index (χ1) is 14.2. The van der Waals surface area contributed by atoms with Crippen molar-refractivity contribution in [2.24, 2.45) is 0 Å². The Balaban J connectivity index is 1.41. The van der Waals surface area contributed by atoms with Gasteiger partial charge in [0.1, 0.15) is 0 Å². The molecule has 2 aliphatic rings. The fourth-order valence-corrected chi connectivity index (χ4v) is 3.80. The van der Waals surface area contributed by atoms with E-state index in [4.69, 9.17) is 4.74 Å². The zero-order valence-corrected chi connectivity index (χ0v) is 16.6. The summed E-state index contributed by atoms with van der Waals surface area (Å²) in [6.07, 6.45) is 4.97. The number of amides is 2. The van der Waals surface area contributed by atoms with E-state index in [-0.39, 0.29) is 12.0 Å². The van der Waals surface area contributed by atoms with Gasteiger partial charge in [-0.15, -0.1) is 0 Å². The maximum absolute atomic E-state index is 12.8. The van der Waals surface area contributed by atoms with E-state index < -0.39 is 0 Å². The second-order valence-electron chi connectivity index (χ2n) is 7.13. The number of fused-ring (bicyclic) bond motifs is 1. The molecule has 152 valence electrons. The van der Waals surface area contributed by atoms with Gasteiger partial charge in [0.25, 0.3) is 5.91 Å². The predicted octanol–water partition coefficient (Wildman–Crippen LogP) is 2.48. The molecule has 8 nitrogen and oxygen atoms in total. The smallest absolute Gasteiger partial charge is 0.409 e. The number of carbonyl (C=O) groups excluding carboxylic acids is 2. The van der Waals surface area contributed by atoms with Crippen molar-refractivity contribution in [2.75, 3.05) is 44.2 Å². The molecule has 2 aliphatic heterocycles. The van der Waals surface area contributed by atoms with Gasteiger partial charge in [0.05, 0.1) is 12.2 Å². The minimum Gasteiger partial charge on any atom is -0.450 e. The Labute approximate surface area is 170 Å². The Hall–Kier alpha value is -3.16. The van der Waals surface area contributed by atoms with Crippen LogP contribution in [0, 0.1) is 0 Å². The van der Waals surface area contributed by atoms with Crippen LogP contribution in [0.5, 0.6) is 0 Å². The van der Waals surface area contributed by atoms with Gasteiger partial charge >= 0.3 is 6.09 Å². The van der Waals surface area contributed by atoms with Crippen LogP contribution < -0.4 is 4.90 Å². The van der Waals surface area contributed by atoms with E-state index in [0.717, 1.165) is 25.1 Å². The van der Waals surface area contributed by atoms with Crippen molar-refractivity contribution < 1.29 is 14.3 Å². The topological polar surface area (TPSA) is 78.9 Å². The molecular weight excluding hydrogens is 370 g/mol. The average molecular weight is 395 g/mol. The third kappa shape index (κ3) is 4.01. The number of nitrogens with zero attached hydrogens (tertiary/aromatic N) is 5. The molecule has 1 saturated heterocycles. The van der Waals surface area contributed by atoms with Crippen molar-refractivity contribution in [1.29, 1.82) is 0 Å². The molecule has 0 bridgehead atoms. The highest BCUT2D eigenvalue weighted by Crippen LogP contribution is 2.31. The number of ether oxygens (including phenoxy) is 1. The molecule has 0 atom stereocenters. The maximum Gasteiger partial charge on any atom is 0.409 e. The molecule has 1 fully saturated rings. The molecule has 4 rings (SSSR count). The van der Waals surface area contributed by atoms with Gasteiger partial charge in [-0.2, -0.15) is 0 Å². The lowest BCUT2D eigenvalue weighted by Gasteiger charge is -2.34. The van der Waals surface area contributed by atoms with Crippen LogP contribution in [0.1, 0.15) is 29.3 Å². The average Bonchev–Trinajstić information content (AvgIpc) is 2.78. The van der Waals surface area contributed by atoms with E-state index in [0.29, 0.717) is 44.3 Å². The number of anilines is 2. The van der Waals surface area contributed by atoms with Gasteiger partial charge in [-0.25, -0.2) is 14.8 Å². The first-order valence-electron chi connectivity index (χ1n) is 10.1. The van der Waals surface area contributed by atoms with Gasteiger partial charge in [0.2, 0.25) is 5.95 Å². The number of para-hydroxylation sites is 1. The third-order valence-corrected chi connectivity index (χ3v) is 5.33. The molecule has 2 amide bonds. The lowest BCUT2D eigenvalue weighted by Crippen LogP contribution is -2.50. The highest BCUT2D eigenvalue weighted by molar-refractivity contribution is 5.94. The van der Waals surface area contributed by atoms with Crippen LogP contribution in [0.2, 0.25) is 0 Å². The number of piperazine rings is 1. The molecule has 0 unspecified atom stereocenters. The molecule has 0 aliphatic carbocycles. The normalized spacial score (nSPS) is 16.4. The van der Waals surface area contributed by atoms with E-state index in [1.807, 2.05) is 12.1 Å². The van der Waals surface area contributed by atoms with Crippen molar-refractivity contribution in [2.45, 2.75) is 19.8 Å². The SMILES string of the molecule is CCOC(=O)N1CCN(C(=O)c2cnc(N3CCCc4ccccc43)nc2)CC1. The van der Waals surface area contributed by atoms with Gasteiger partial charge in [0, 0.05) is 50.8 Å². The molecule has 8 heteroatoms. The Morgan fingerprint density at radius 1 is 1.00 bits per heavy atom. The first-order valence-corrected chi connectivity index (χ1v) is 10.1. The van der Waals surface area contributed by atoms with E-state index in [1.165, 1.54) is 5.56 Å². The van der Waals surface area contributed by atoms with Crippen molar-refractivity contribution in [3.8, 4) is 0 Å². The molecule has 29 heavy (non-hydrogen) atoms. The van der Waals surface area contributed by atoms with Crippen LogP contribution in [0.3, 0.4) is 0 Å². The predicted molar refractivity (Wildman–Crippen MR) is 108 cm³/mol. The molecule has 0 radical (unpaired) electrons. The summed E-state index contributed by atoms with van der Waals surface area (Å²) in [6.45, 7) is 4.87. The summed E-state index contributed by atoms with van der Waals surface area (Å²) in [5.74, 6) is 0.500. The second kappa shape index (κ2) is 8.46. The Bertz CT molecular complexity index is 878. The molecule has 0 N–H and O–H groups in total. The zero-order chi connectivity index (χ0) is 20.2. The van der Waals surface area contributed by atoms with E-state index in [2.05, 4.69) is 27.0 Å². The fraction of sp³-hybridized carbons (Fsp3) is 0.429. The summed E-state index contributed by atoms with van der Waals surface area (Å²) >= 11 is 0. The lowest BCUT2D eigenvalue weighted by molar-refractivity contribution is 0.0570. The summed E-state index contributed by atoms with van der Waals surface area (Å²) < 4.78 is 5.02. The van der Waals surface area contributed by atoms with Crippen LogP contribution in [0.25, 0.3) is 0 Å². The molecule has 1 aromatic heterocycles. The fourth-order valence-electron chi connectivity index (χ4n) is 3.80. The van der Waals surface area contributed by atoms with Crippen molar-refractivity contribution >= 4 is 23.6 Å². The van der Waals surface area contributed by atoms with Crippen molar-refractivity contribution in [3.05, 3.63) is 47.8 Å². The van der Waals surface area contributed by atoms with E-state index in [9.17, 15) is 9.59 Å². The van der Waals surface area contributed by atoms with Gasteiger partial charge in [-0.05, 0) is 31.4 Å². The number of aryl methyl sites for hydroxylation is 1. The minimum atomic E-state index is -0.325. The summed E-state index contributed by atoms with van der Waals surface area (Å²) in [5.41, 5.74) is 2.89. The van der Waals surface area contributed by atoms with Gasteiger partial charge in [0.15, 0.2) is 0 Å². The quantitative estimate of drug-likeness (QED) is 0.794. The molecule has 1 aromatic carbocycles. The Kier molecular flexibility index (Phi) is 5.59. The third-order valence-electron chi connectivity index (χ3n) is 5.33. The Morgan fingerprint density at radius 3 is 2.41 bits per heavy atom. The molecular formula is C21H25N5O3. The number of carbonyl (C=O) groups is 2. The van der Waals surface area contributed by atoms with Crippen LogP contribution in [-0.4, -0.2) is 71.1 Å². The summed E-state index contributed by atoms with van der Waals surface area (Å²) in [4.78, 5) is 39.0. The molecule has 0 spiro atoms. The van der Waals surface area contributed by atoms with E-state index >= 15 is 0 Å². The monoisotopic (exact) mass is 395 g/mol. The maximum atomic E-state index is 12.8. The summed E-state index contributed by atoms with van der Waals surface area (Å²) in [7, 11) is 0. The number of rotatable bonds is 3. The van der Waals surface area contributed by atoms with Crippen molar-refractivity contribution in [1.82, 2.24) is 19.8 Å². The number of hydrogen-bond donors (Lipinski definition) is 0. The van der Waals surface area contributed by atoms with E-state index in [1.54, 1.807) is 29.1 Å². The van der Waals surface area contributed by atoms with Crippen LogP contribution in [0.15, 0.2) is 36.7 Å². The number of benzene rings is 1. The lowest BCUT2D eigenvalue weighted by atomic mass is 10.0. The first kappa shape index (κ1) is 19.2. The van der Waals surface area contributed by atoms with Crippen LogP contribution in [-0.2, 0) is 11.2 Å². The minimum absolute atomic E-state index is 0.112. The van der Waals surface area contributed by atoms with Gasteiger partial charge in [-0.1, -0.05) is 18.2 Å². The highest BCUT2D eigenvalue weighted by Gasteiger charge is 2.26. The summed E-state index contributed by atoms with van der Waals surface area (Å²) in [5, 5.41) is 0. The number of hydrogen-bond acceptors (Lipinski definition) is 6. The van der Waals surface area contributed by atoms with Crippen LogP contribution >= 0.6 is 0 Å².